The molecule has 130 valence electrons. The van der Waals surface area contributed by atoms with Crippen molar-refractivity contribution in [2.75, 3.05) is 7.11 Å². The fourth-order valence-electron chi connectivity index (χ4n) is 3.86. The van der Waals surface area contributed by atoms with Crippen LogP contribution in [-0.4, -0.2) is 23.7 Å². The molecule has 0 radical (unpaired) electrons. The number of nitrogens with zero attached hydrogens (tertiary/aromatic N) is 2. The van der Waals surface area contributed by atoms with Crippen LogP contribution in [-0.2, 0) is 4.79 Å². The van der Waals surface area contributed by atoms with Crippen molar-refractivity contribution in [3.05, 3.63) is 35.0 Å². The van der Waals surface area contributed by atoms with Gasteiger partial charge in [-0.2, -0.15) is 5.26 Å². The van der Waals surface area contributed by atoms with Crippen molar-refractivity contribution in [1.29, 1.82) is 5.26 Å². The predicted molar refractivity (Wildman–Crippen MR) is 94.7 cm³/mol. The number of ether oxygens (including phenoxy) is 1. The van der Waals surface area contributed by atoms with Crippen LogP contribution in [0.25, 0.3) is 0 Å². The van der Waals surface area contributed by atoms with Crippen LogP contribution in [0.1, 0.15) is 45.1 Å². The number of aliphatic imine (C=N–C) groups is 1. The summed E-state index contributed by atoms with van der Waals surface area (Å²) in [6, 6.07) is 7.31. The van der Waals surface area contributed by atoms with Crippen molar-refractivity contribution >= 4 is 11.5 Å². The van der Waals surface area contributed by atoms with Gasteiger partial charge in [0.2, 0.25) is 0 Å². The van der Waals surface area contributed by atoms with Gasteiger partial charge < -0.3 is 9.84 Å². The molecule has 0 aromatic heterocycles. The maximum atomic E-state index is 12.9. The van der Waals surface area contributed by atoms with E-state index < -0.39 is 5.92 Å². The Bertz CT molecular complexity index is 843. The van der Waals surface area contributed by atoms with Crippen molar-refractivity contribution in [2.24, 2.45) is 16.3 Å². The van der Waals surface area contributed by atoms with Crippen LogP contribution < -0.4 is 4.74 Å². The molecule has 1 aromatic carbocycles. The summed E-state index contributed by atoms with van der Waals surface area (Å²) in [6.45, 7) is 5.97. The maximum absolute atomic E-state index is 12.9. The normalized spacial score (nSPS) is 25.1. The lowest BCUT2D eigenvalue weighted by molar-refractivity contribution is -0.118. The molecule has 0 bridgehead atoms. The molecule has 0 spiro atoms. The van der Waals surface area contributed by atoms with E-state index >= 15 is 0 Å². The molecule has 1 aliphatic heterocycles. The number of hydrogen-bond acceptors (Lipinski definition) is 5. The topological polar surface area (TPSA) is 82.7 Å². The quantitative estimate of drug-likeness (QED) is 0.890. The predicted octanol–water partition coefficient (Wildman–Crippen LogP) is 3.74. The lowest BCUT2D eigenvalue weighted by atomic mass is 9.67. The van der Waals surface area contributed by atoms with Crippen molar-refractivity contribution in [1.82, 2.24) is 0 Å². The fraction of sp³-hybridized carbons (Fsp3) is 0.450. The number of nitriles is 1. The molecule has 1 heterocycles. The molecule has 3 rings (SSSR count). The van der Waals surface area contributed by atoms with Gasteiger partial charge in [-0.3, -0.25) is 9.79 Å². The number of aromatic hydroxyl groups is 1. The Hall–Kier alpha value is -2.61. The molecule has 0 amide bonds. The van der Waals surface area contributed by atoms with E-state index in [1.54, 1.807) is 18.2 Å². The molecule has 5 heteroatoms. The van der Waals surface area contributed by atoms with Gasteiger partial charge in [-0.05, 0) is 36.5 Å². The Labute approximate surface area is 147 Å². The third-order valence-corrected chi connectivity index (χ3v) is 5.00. The summed E-state index contributed by atoms with van der Waals surface area (Å²) < 4.78 is 5.20. The van der Waals surface area contributed by atoms with Gasteiger partial charge in [-0.15, -0.1) is 0 Å². The Morgan fingerprint density at radius 3 is 2.72 bits per heavy atom. The Kier molecular flexibility index (Phi) is 4.16. The van der Waals surface area contributed by atoms with E-state index in [-0.39, 0.29) is 22.9 Å². The second-order valence-electron chi connectivity index (χ2n) is 7.57. The van der Waals surface area contributed by atoms with Crippen LogP contribution >= 0.6 is 0 Å². The highest BCUT2D eigenvalue weighted by Gasteiger charge is 2.43. The van der Waals surface area contributed by atoms with Gasteiger partial charge in [-0.25, -0.2) is 0 Å². The van der Waals surface area contributed by atoms with Crippen LogP contribution in [0, 0.1) is 22.7 Å². The zero-order chi connectivity index (χ0) is 18.4. The molecule has 0 saturated carbocycles. The van der Waals surface area contributed by atoms with Crippen molar-refractivity contribution < 1.29 is 14.6 Å². The number of ketones is 1. The first-order valence-corrected chi connectivity index (χ1v) is 8.35. The first-order valence-electron chi connectivity index (χ1n) is 8.35. The van der Waals surface area contributed by atoms with E-state index in [4.69, 9.17) is 4.74 Å². The molecule has 2 atom stereocenters. The van der Waals surface area contributed by atoms with Crippen molar-refractivity contribution in [2.45, 2.75) is 39.5 Å². The second kappa shape index (κ2) is 6.03. The van der Waals surface area contributed by atoms with Gasteiger partial charge in [0.1, 0.15) is 0 Å². The Balaban J connectivity index is 2.19. The molecule has 1 aromatic rings. The van der Waals surface area contributed by atoms with Crippen LogP contribution in [0.3, 0.4) is 0 Å². The minimum absolute atomic E-state index is 0.0336. The third kappa shape index (κ3) is 2.93. The smallest absolute Gasteiger partial charge is 0.161 e. The maximum Gasteiger partial charge on any atom is 0.161 e. The Morgan fingerprint density at radius 1 is 1.36 bits per heavy atom. The lowest BCUT2D eigenvalue weighted by Gasteiger charge is -2.38. The van der Waals surface area contributed by atoms with E-state index in [9.17, 15) is 15.2 Å². The first-order chi connectivity index (χ1) is 11.8. The van der Waals surface area contributed by atoms with E-state index in [2.05, 4.69) is 24.9 Å². The molecule has 1 N–H and O–H groups in total. The van der Waals surface area contributed by atoms with E-state index in [0.717, 1.165) is 23.4 Å². The lowest BCUT2D eigenvalue weighted by Crippen LogP contribution is -2.35. The largest absolute Gasteiger partial charge is 0.504 e. The highest BCUT2D eigenvalue weighted by Crippen LogP contribution is 2.48. The van der Waals surface area contributed by atoms with Gasteiger partial charge in [-0.1, -0.05) is 19.9 Å². The molecule has 1 aliphatic carbocycles. The number of benzene rings is 1. The molecule has 0 saturated heterocycles. The molecule has 25 heavy (non-hydrogen) atoms. The third-order valence-electron chi connectivity index (χ3n) is 5.00. The van der Waals surface area contributed by atoms with Gasteiger partial charge in [0.05, 0.1) is 19.1 Å². The number of carbonyl (C=O) groups is 1. The van der Waals surface area contributed by atoms with Crippen LogP contribution in [0.4, 0.5) is 0 Å². The molecular formula is C20H22N2O3. The molecule has 5 nitrogen and oxygen atoms in total. The van der Waals surface area contributed by atoms with Crippen LogP contribution in [0.5, 0.6) is 11.5 Å². The highest BCUT2D eigenvalue weighted by atomic mass is 16.5. The highest BCUT2D eigenvalue weighted by molar-refractivity contribution is 6.03. The molecular weight excluding hydrogens is 316 g/mol. The standard InChI is InChI=1S/C20H22N2O3/c1-11-13(10-21)18(12-5-6-15(23)17(7-12)25-4)19-14(22-11)8-20(2,3)9-16(19)24/h5-7,13,18,23H,8-9H2,1-4H3. The summed E-state index contributed by atoms with van der Waals surface area (Å²) in [5, 5.41) is 19.6. The summed E-state index contributed by atoms with van der Waals surface area (Å²) >= 11 is 0. The summed E-state index contributed by atoms with van der Waals surface area (Å²) in [5.74, 6) is -0.458. The van der Waals surface area contributed by atoms with Crippen LogP contribution in [0.15, 0.2) is 34.5 Å². The SMILES string of the molecule is COc1cc(C2C3=C(CC(C)(C)CC3=O)N=C(C)C2C#N)ccc1O. The minimum atomic E-state index is -0.502. The number of phenols is 1. The zero-order valence-corrected chi connectivity index (χ0v) is 15.0. The monoisotopic (exact) mass is 338 g/mol. The van der Waals surface area contributed by atoms with Gasteiger partial charge >= 0.3 is 0 Å². The number of Topliss-reactive ketones (excluding diaryl/α,β-unsaturated/α-hetero) is 1. The second-order valence-corrected chi connectivity index (χ2v) is 7.57. The number of methoxy groups -OCH3 is 1. The molecule has 2 unspecified atom stereocenters. The number of hydrogen-bond donors (Lipinski definition) is 1. The summed E-state index contributed by atoms with van der Waals surface area (Å²) in [4.78, 5) is 17.5. The summed E-state index contributed by atoms with van der Waals surface area (Å²) in [5.41, 5.74) is 2.82. The van der Waals surface area contributed by atoms with Crippen molar-refractivity contribution in [3.63, 3.8) is 0 Å². The number of phenolic OH excluding ortho intramolecular Hbond substituents is 1. The number of allylic oxidation sites excluding steroid dienone is 2. The zero-order valence-electron chi connectivity index (χ0n) is 15.0. The van der Waals surface area contributed by atoms with E-state index in [1.165, 1.54) is 7.11 Å². The Morgan fingerprint density at radius 2 is 2.08 bits per heavy atom. The van der Waals surface area contributed by atoms with Crippen LogP contribution in [0.2, 0.25) is 0 Å². The summed E-state index contributed by atoms with van der Waals surface area (Å²) in [6.07, 6.45) is 1.17. The molecule has 0 fully saturated rings. The van der Waals surface area contributed by atoms with Gasteiger partial charge in [0.25, 0.3) is 0 Å². The minimum Gasteiger partial charge on any atom is -0.504 e. The summed E-state index contributed by atoms with van der Waals surface area (Å²) in [7, 11) is 1.48. The average molecular weight is 338 g/mol. The average Bonchev–Trinajstić information content (AvgIpc) is 2.53. The fourth-order valence-corrected chi connectivity index (χ4v) is 3.86. The van der Waals surface area contributed by atoms with E-state index in [1.807, 2.05) is 6.92 Å². The van der Waals surface area contributed by atoms with Gasteiger partial charge in [0.15, 0.2) is 17.3 Å². The van der Waals surface area contributed by atoms with Crippen molar-refractivity contribution in [3.8, 4) is 17.6 Å². The molecule has 2 aliphatic rings. The first kappa shape index (κ1) is 17.2. The number of rotatable bonds is 2. The number of carbonyl (C=O) groups excluding carboxylic acids is 1. The van der Waals surface area contributed by atoms with Gasteiger partial charge in [0, 0.05) is 29.3 Å². The van der Waals surface area contributed by atoms with E-state index in [0.29, 0.717) is 17.7 Å².